The Morgan fingerprint density at radius 2 is 2.05 bits per heavy atom. The number of amides is 1. The number of aromatic nitrogens is 1. The Balaban J connectivity index is 1.86. The van der Waals surface area contributed by atoms with Gasteiger partial charge >= 0.3 is 0 Å². The van der Waals surface area contributed by atoms with Crippen LogP contribution in [0.2, 0.25) is 0 Å². The highest BCUT2D eigenvalue weighted by Crippen LogP contribution is 2.25. The third-order valence-electron chi connectivity index (χ3n) is 7.44. The van der Waals surface area contributed by atoms with Crippen LogP contribution >= 0.6 is 0 Å². The van der Waals surface area contributed by atoms with Crippen molar-refractivity contribution in [3.8, 4) is 6.19 Å². The van der Waals surface area contributed by atoms with Crippen molar-refractivity contribution >= 4 is 17.7 Å². The molecule has 1 fully saturated rings. The second kappa shape index (κ2) is 14.2. The summed E-state index contributed by atoms with van der Waals surface area (Å²) in [7, 11) is 1.76. The largest absolute Gasteiger partial charge is 0.381 e. The monoisotopic (exact) mass is 523 g/mol. The highest BCUT2D eigenvalue weighted by atomic mass is 16.5. The summed E-state index contributed by atoms with van der Waals surface area (Å²) in [4.78, 5) is 20.7. The number of nitrogens with zero attached hydrogens (tertiary/aromatic N) is 4. The molecule has 0 bridgehead atoms. The van der Waals surface area contributed by atoms with Gasteiger partial charge in [0.05, 0.1) is 11.4 Å². The molecule has 0 spiro atoms. The molecule has 9 heteroatoms. The van der Waals surface area contributed by atoms with Gasteiger partial charge in [0.15, 0.2) is 6.19 Å². The number of ether oxygens (including phenoxy) is 1. The summed E-state index contributed by atoms with van der Waals surface area (Å²) in [6, 6.07) is 4.09. The zero-order chi connectivity index (χ0) is 27.5. The minimum Gasteiger partial charge on any atom is -0.381 e. The summed E-state index contributed by atoms with van der Waals surface area (Å²) in [5, 5.41) is 13.9. The van der Waals surface area contributed by atoms with E-state index < -0.39 is 0 Å². The number of hydrogen-bond acceptors (Lipinski definition) is 7. The van der Waals surface area contributed by atoms with E-state index in [1.165, 1.54) is 0 Å². The van der Waals surface area contributed by atoms with Gasteiger partial charge in [-0.05, 0) is 76.7 Å². The first-order valence-electron chi connectivity index (χ1n) is 13.9. The van der Waals surface area contributed by atoms with Gasteiger partial charge < -0.3 is 30.7 Å². The normalized spacial score (nSPS) is 24.9. The van der Waals surface area contributed by atoms with Crippen LogP contribution in [-0.2, 0) is 9.53 Å². The molecule has 2 unspecified atom stereocenters. The summed E-state index contributed by atoms with van der Waals surface area (Å²) in [6.07, 6.45) is 13.0. The van der Waals surface area contributed by atoms with E-state index in [1.54, 1.807) is 11.9 Å². The van der Waals surface area contributed by atoms with Gasteiger partial charge in [0.2, 0.25) is 5.91 Å². The Hall–Kier alpha value is -3.09. The van der Waals surface area contributed by atoms with E-state index in [2.05, 4.69) is 36.5 Å². The fourth-order valence-electron chi connectivity index (χ4n) is 4.97. The average Bonchev–Trinajstić information content (AvgIpc) is 3.39. The number of nitriles is 1. The number of allylic oxidation sites excluding steroid dienone is 2. The van der Waals surface area contributed by atoms with Gasteiger partial charge in [0.25, 0.3) is 0 Å². The van der Waals surface area contributed by atoms with Crippen molar-refractivity contribution in [3.05, 3.63) is 41.4 Å². The molecule has 3 rings (SSSR count). The Bertz CT molecular complexity index is 1040. The number of hydrogen-bond donors (Lipinski definition) is 3. The van der Waals surface area contributed by atoms with Crippen molar-refractivity contribution in [1.82, 2.24) is 20.2 Å². The second-order valence-corrected chi connectivity index (χ2v) is 10.9. The van der Waals surface area contributed by atoms with Crippen LogP contribution in [0, 0.1) is 23.3 Å². The molecule has 3 heterocycles. The van der Waals surface area contributed by atoms with Crippen molar-refractivity contribution < 1.29 is 9.53 Å². The lowest BCUT2D eigenvalue weighted by Crippen LogP contribution is -2.39. The maximum Gasteiger partial charge on any atom is 0.230 e. The summed E-state index contributed by atoms with van der Waals surface area (Å²) in [6.45, 7) is 9.36. The quantitative estimate of drug-likeness (QED) is 0.257. The van der Waals surface area contributed by atoms with Crippen LogP contribution in [0.15, 0.2) is 35.1 Å². The predicted octanol–water partition coefficient (Wildman–Crippen LogP) is 3.82. The standard InChI is InChI=1S/C29H45N7O2/c1-5-7-25(36(17-6-16-35(4)21-30)28(37)23-11-18-38-19-12-23)20-24-8-9-26(33-24)27-22(2)10-13-29(3,31)14-15-32-34-27/h5,7-9,20,22-23,32-33H,6,10-19,31H2,1-4H3/b7-5-,25-20+,34-27+. The molecule has 0 radical (unpaired) electrons. The molecule has 9 nitrogen and oxygen atoms in total. The molecule has 208 valence electrons. The van der Waals surface area contributed by atoms with E-state index in [0.29, 0.717) is 32.7 Å². The Morgan fingerprint density at radius 1 is 1.29 bits per heavy atom. The van der Waals surface area contributed by atoms with Gasteiger partial charge in [0.1, 0.15) is 0 Å². The molecule has 2 atom stereocenters. The van der Waals surface area contributed by atoms with Crippen LogP contribution < -0.4 is 11.2 Å². The number of hydrazone groups is 1. The number of nitrogens with two attached hydrogens (primary N) is 1. The number of aromatic amines is 1. The average molecular weight is 524 g/mol. The first kappa shape index (κ1) is 29.5. The number of carbonyl (C=O) groups is 1. The van der Waals surface area contributed by atoms with E-state index in [1.807, 2.05) is 36.1 Å². The van der Waals surface area contributed by atoms with Crippen LogP contribution in [0.4, 0.5) is 0 Å². The lowest BCUT2D eigenvalue weighted by atomic mass is 9.87. The third kappa shape index (κ3) is 8.47. The van der Waals surface area contributed by atoms with E-state index >= 15 is 0 Å². The molecule has 2 aliphatic heterocycles. The van der Waals surface area contributed by atoms with Gasteiger partial charge in [-0.3, -0.25) is 4.79 Å². The summed E-state index contributed by atoms with van der Waals surface area (Å²) < 4.78 is 5.49. The molecule has 4 N–H and O–H groups in total. The van der Waals surface area contributed by atoms with Crippen LogP contribution in [-0.4, -0.2) is 71.8 Å². The Kier molecular flexibility index (Phi) is 11.0. The van der Waals surface area contributed by atoms with E-state index in [4.69, 9.17) is 20.8 Å². The van der Waals surface area contributed by atoms with Gasteiger partial charge in [-0.15, -0.1) is 0 Å². The van der Waals surface area contributed by atoms with Crippen LogP contribution in [0.3, 0.4) is 0 Å². The molecule has 1 saturated heterocycles. The fourth-order valence-corrected chi connectivity index (χ4v) is 4.97. The fraction of sp³-hybridized carbons (Fsp3) is 0.621. The molecule has 0 aliphatic carbocycles. The van der Waals surface area contributed by atoms with Gasteiger partial charge in [-0.25, -0.2) is 0 Å². The van der Waals surface area contributed by atoms with Gasteiger partial charge in [-0.1, -0.05) is 13.0 Å². The topological polar surface area (TPSA) is 123 Å². The minimum absolute atomic E-state index is 0.0568. The first-order valence-corrected chi connectivity index (χ1v) is 13.9. The molecule has 1 amide bonds. The van der Waals surface area contributed by atoms with Crippen molar-refractivity contribution in [3.63, 3.8) is 0 Å². The number of nitrogens with one attached hydrogen (secondary N) is 2. The molecule has 0 saturated carbocycles. The summed E-state index contributed by atoms with van der Waals surface area (Å²) in [5.74, 6) is 0.309. The molecule has 38 heavy (non-hydrogen) atoms. The molecular weight excluding hydrogens is 478 g/mol. The van der Waals surface area contributed by atoms with Gasteiger partial charge in [0, 0.05) is 68.7 Å². The van der Waals surface area contributed by atoms with Crippen molar-refractivity contribution in [2.45, 2.75) is 64.8 Å². The first-order chi connectivity index (χ1) is 18.2. The van der Waals surface area contributed by atoms with Crippen LogP contribution in [0.25, 0.3) is 6.08 Å². The van der Waals surface area contributed by atoms with Crippen LogP contribution in [0.5, 0.6) is 0 Å². The predicted molar refractivity (Wildman–Crippen MR) is 152 cm³/mol. The number of carbonyl (C=O) groups excluding carboxylic acids is 1. The van der Waals surface area contributed by atoms with Gasteiger partial charge in [-0.2, -0.15) is 10.4 Å². The van der Waals surface area contributed by atoms with Crippen molar-refractivity contribution in [2.75, 3.05) is 39.9 Å². The lowest BCUT2D eigenvalue weighted by molar-refractivity contribution is -0.136. The van der Waals surface area contributed by atoms with E-state index in [9.17, 15) is 4.79 Å². The second-order valence-electron chi connectivity index (χ2n) is 10.9. The van der Waals surface area contributed by atoms with Crippen molar-refractivity contribution in [2.24, 2.45) is 22.7 Å². The minimum atomic E-state index is -0.195. The summed E-state index contributed by atoms with van der Waals surface area (Å²) in [5.41, 5.74) is 13.2. The highest BCUT2D eigenvalue weighted by molar-refractivity contribution is 6.00. The summed E-state index contributed by atoms with van der Waals surface area (Å²) >= 11 is 0. The molecule has 0 aromatic carbocycles. The van der Waals surface area contributed by atoms with Crippen molar-refractivity contribution in [1.29, 1.82) is 5.26 Å². The Morgan fingerprint density at radius 3 is 2.76 bits per heavy atom. The zero-order valence-corrected chi connectivity index (χ0v) is 23.5. The SMILES string of the molecule is C/C=C\C(=C/c1ccc(/C2=N/NCCC(C)(N)CCC2C)[nH]1)N(CCCN(C)C#N)C(=O)C1CCOCC1. The molecular formula is C29H45N7O2. The third-order valence-corrected chi connectivity index (χ3v) is 7.44. The highest BCUT2D eigenvalue weighted by Gasteiger charge is 2.28. The maximum atomic E-state index is 13.7. The van der Waals surface area contributed by atoms with E-state index in [0.717, 1.165) is 61.4 Å². The zero-order valence-electron chi connectivity index (χ0n) is 23.5. The molecule has 1 aromatic heterocycles. The maximum absolute atomic E-state index is 13.7. The number of H-pyrrole nitrogens is 1. The Labute approximate surface area is 227 Å². The smallest absolute Gasteiger partial charge is 0.230 e. The van der Waals surface area contributed by atoms with Crippen LogP contribution in [0.1, 0.15) is 70.7 Å². The molecule has 1 aromatic rings. The number of rotatable bonds is 9. The lowest BCUT2D eigenvalue weighted by Gasteiger charge is -2.30. The molecule has 2 aliphatic rings. The van der Waals surface area contributed by atoms with E-state index in [-0.39, 0.29) is 23.3 Å².